The van der Waals surface area contributed by atoms with Gasteiger partial charge in [-0.15, -0.1) is 0 Å². The minimum Gasteiger partial charge on any atom is -0.503 e. The molecule has 0 aromatic heterocycles. The lowest BCUT2D eigenvalue weighted by atomic mass is 10.2. The van der Waals surface area contributed by atoms with Crippen molar-refractivity contribution >= 4 is 5.97 Å². The number of hydrogen-bond donors (Lipinski definition) is 2. The van der Waals surface area contributed by atoms with E-state index in [1.807, 2.05) is 0 Å². The third kappa shape index (κ3) is 3.39. The third-order valence-electron chi connectivity index (χ3n) is 2.24. The molecule has 0 bridgehead atoms. The molecule has 4 nitrogen and oxygen atoms in total. The molecule has 0 saturated carbocycles. The van der Waals surface area contributed by atoms with Crippen LogP contribution in [0.2, 0.25) is 0 Å². The minimum atomic E-state index is -1.03. The fraction of sp³-hybridized carbons (Fsp3) is 0.364. The molecule has 17 heavy (non-hydrogen) atoms. The Hall–Kier alpha value is -1.69. The average molecular weight is 245 g/mol. The van der Waals surface area contributed by atoms with Crippen LogP contribution in [-0.2, 0) is 16.1 Å². The highest BCUT2D eigenvalue weighted by Gasteiger charge is 2.14. The standard InChI is InChI=1S/C11H13F2NO3/c1-6(11(16)17-2)14-5-7-3-8(12)10(15)9(13)4-7/h3-4,6,14-15H,5H2,1-2H3. The highest BCUT2D eigenvalue weighted by Crippen LogP contribution is 2.21. The first-order valence-electron chi connectivity index (χ1n) is 4.93. The maximum Gasteiger partial charge on any atom is 0.322 e. The summed E-state index contributed by atoms with van der Waals surface area (Å²) < 4.78 is 30.4. The number of ether oxygens (including phenoxy) is 1. The molecule has 1 rings (SSSR count). The number of methoxy groups -OCH3 is 1. The van der Waals surface area contributed by atoms with E-state index >= 15 is 0 Å². The van der Waals surface area contributed by atoms with Gasteiger partial charge in [0.25, 0.3) is 0 Å². The van der Waals surface area contributed by atoms with Gasteiger partial charge in [-0.1, -0.05) is 0 Å². The lowest BCUT2D eigenvalue weighted by Gasteiger charge is -2.11. The van der Waals surface area contributed by atoms with E-state index in [2.05, 4.69) is 10.1 Å². The predicted molar refractivity (Wildman–Crippen MR) is 56.3 cm³/mol. The second-order valence-electron chi connectivity index (χ2n) is 3.53. The van der Waals surface area contributed by atoms with Gasteiger partial charge in [0.2, 0.25) is 0 Å². The van der Waals surface area contributed by atoms with Gasteiger partial charge in [0.05, 0.1) is 7.11 Å². The molecule has 1 unspecified atom stereocenters. The van der Waals surface area contributed by atoms with Crippen LogP contribution in [0.3, 0.4) is 0 Å². The molecule has 0 aliphatic rings. The van der Waals surface area contributed by atoms with E-state index < -0.39 is 29.4 Å². The van der Waals surface area contributed by atoms with Gasteiger partial charge < -0.3 is 15.2 Å². The van der Waals surface area contributed by atoms with Gasteiger partial charge in [0.15, 0.2) is 17.4 Å². The first-order valence-corrected chi connectivity index (χ1v) is 4.93. The first-order chi connectivity index (χ1) is 7.95. The summed E-state index contributed by atoms with van der Waals surface area (Å²) in [5, 5.41) is 11.6. The molecule has 0 fully saturated rings. The van der Waals surface area contributed by atoms with Gasteiger partial charge in [0.1, 0.15) is 6.04 Å². The fourth-order valence-electron chi connectivity index (χ4n) is 1.25. The maximum absolute atomic E-state index is 13.0. The lowest BCUT2D eigenvalue weighted by molar-refractivity contribution is -0.142. The topological polar surface area (TPSA) is 58.6 Å². The summed E-state index contributed by atoms with van der Waals surface area (Å²) in [5.41, 5.74) is 0.286. The Morgan fingerprint density at radius 1 is 1.47 bits per heavy atom. The van der Waals surface area contributed by atoms with Crippen LogP contribution < -0.4 is 5.32 Å². The van der Waals surface area contributed by atoms with Crippen LogP contribution in [-0.4, -0.2) is 24.2 Å². The van der Waals surface area contributed by atoms with Crippen molar-refractivity contribution in [2.45, 2.75) is 19.5 Å². The maximum atomic E-state index is 13.0. The number of rotatable bonds is 4. The molecule has 1 atom stereocenters. The van der Waals surface area contributed by atoms with Crippen molar-refractivity contribution in [1.82, 2.24) is 5.32 Å². The highest BCUT2D eigenvalue weighted by atomic mass is 19.1. The van der Waals surface area contributed by atoms with Crippen molar-refractivity contribution in [3.05, 3.63) is 29.3 Å². The monoisotopic (exact) mass is 245 g/mol. The van der Waals surface area contributed by atoms with Gasteiger partial charge in [-0.2, -0.15) is 0 Å². The van der Waals surface area contributed by atoms with E-state index in [1.165, 1.54) is 7.11 Å². The number of carbonyl (C=O) groups is 1. The van der Waals surface area contributed by atoms with Crippen molar-refractivity contribution in [1.29, 1.82) is 0 Å². The van der Waals surface area contributed by atoms with Gasteiger partial charge >= 0.3 is 5.97 Å². The third-order valence-corrected chi connectivity index (χ3v) is 2.24. The molecule has 1 aromatic rings. The van der Waals surface area contributed by atoms with Crippen LogP contribution in [0.1, 0.15) is 12.5 Å². The second-order valence-corrected chi connectivity index (χ2v) is 3.53. The van der Waals surface area contributed by atoms with Crippen LogP contribution >= 0.6 is 0 Å². The van der Waals surface area contributed by atoms with Gasteiger partial charge in [-0.3, -0.25) is 4.79 Å². The number of aromatic hydroxyl groups is 1. The van der Waals surface area contributed by atoms with E-state index in [0.717, 1.165) is 12.1 Å². The zero-order valence-corrected chi connectivity index (χ0v) is 9.46. The molecular weight excluding hydrogens is 232 g/mol. The first kappa shape index (κ1) is 13.4. The smallest absolute Gasteiger partial charge is 0.322 e. The lowest BCUT2D eigenvalue weighted by Crippen LogP contribution is -2.34. The molecule has 0 saturated heterocycles. The fourth-order valence-corrected chi connectivity index (χ4v) is 1.25. The number of carbonyl (C=O) groups excluding carboxylic acids is 1. The Balaban J connectivity index is 2.67. The Bertz CT molecular complexity index is 400. The van der Waals surface area contributed by atoms with E-state index in [0.29, 0.717) is 0 Å². The molecule has 2 N–H and O–H groups in total. The van der Waals surface area contributed by atoms with Crippen molar-refractivity contribution in [3.63, 3.8) is 0 Å². The minimum absolute atomic E-state index is 0.0877. The summed E-state index contributed by atoms with van der Waals surface area (Å²) in [5.74, 6) is -3.54. The predicted octanol–water partition coefficient (Wildman–Crippen LogP) is 1.32. The average Bonchev–Trinajstić information content (AvgIpc) is 2.31. The van der Waals surface area contributed by atoms with Crippen molar-refractivity contribution < 1.29 is 23.4 Å². The number of benzene rings is 1. The van der Waals surface area contributed by atoms with Crippen molar-refractivity contribution in [2.75, 3.05) is 7.11 Å². The van der Waals surface area contributed by atoms with Gasteiger partial charge in [-0.05, 0) is 24.6 Å². The number of phenolic OH excluding ortho intramolecular Hbond substituents is 1. The van der Waals surface area contributed by atoms with Crippen LogP contribution in [0.25, 0.3) is 0 Å². The molecule has 0 aliphatic heterocycles. The quantitative estimate of drug-likeness (QED) is 0.785. The van der Waals surface area contributed by atoms with Crippen molar-refractivity contribution in [2.24, 2.45) is 0 Å². The van der Waals surface area contributed by atoms with Crippen LogP contribution in [0.4, 0.5) is 8.78 Å². The molecule has 0 aliphatic carbocycles. The normalized spacial score (nSPS) is 12.2. The Kier molecular flexibility index (Phi) is 4.39. The number of halogens is 2. The summed E-state index contributed by atoms with van der Waals surface area (Å²) in [6, 6.07) is 1.41. The Morgan fingerprint density at radius 2 is 2.00 bits per heavy atom. The number of hydrogen-bond acceptors (Lipinski definition) is 4. The second kappa shape index (κ2) is 5.58. The summed E-state index contributed by atoms with van der Waals surface area (Å²) in [6.07, 6.45) is 0. The number of esters is 1. The summed E-state index contributed by atoms with van der Waals surface area (Å²) in [7, 11) is 1.25. The zero-order chi connectivity index (χ0) is 13.0. The highest BCUT2D eigenvalue weighted by molar-refractivity contribution is 5.75. The Labute approximate surface area is 97.2 Å². The molecular formula is C11H13F2NO3. The molecule has 1 aromatic carbocycles. The SMILES string of the molecule is COC(=O)C(C)NCc1cc(F)c(O)c(F)c1. The summed E-state index contributed by atoms with van der Waals surface area (Å²) >= 11 is 0. The molecule has 0 radical (unpaired) electrons. The summed E-state index contributed by atoms with van der Waals surface area (Å²) in [4.78, 5) is 11.0. The van der Waals surface area contributed by atoms with Crippen LogP contribution in [0.15, 0.2) is 12.1 Å². The van der Waals surface area contributed by atoms with Gasteiger partial charge in [0, 0.05) is 6.54 Å². The van der Waals surface area contributed by atoms with Crippen LogP contribution in [0.5, 0.6) is 5.75 Å². The van der Waals surface area contributed by atoms with E-state index in [9.17, 15) is 13.6 Å². The Morgan fingerprint density at radius 3 is 2.47 bits per heavy atom. The molecule has 0 heterocycles. The molecule has 94 valence electrons. The summed E-state index contributed by atoms with van der Waals surface area (Å²) in [6.45, 7) is 1.66. The number of nitrogens with one attached hydrogen (secondary N) is 1. The molecule has 0 spiro atoms. The molecule has 0 amide bonds. The molecule has 6 heteroatoms. The van der Waals surface area contributed by atoms with E-state index in [-0.39, 0.29) is 12.1 Å². The number of phenols is 1. The largest absolute Gasteiger partial charge is 0.503 e. The van der Waals surface area contributed by atoms with E-state index in [4.69, 9.17) is 5.11 Å². The van der Waals surface area contributed by atoms with Crippen molar-refractivity contribution in [3.8, 4) is 5.75 Å². The zero-order valence-electron chi connectivity index (χ0n) is 9.46. The van der Waals surface area contributed by atoms with Crippen LogP contribution in [0, 0.1) is 11.6 Å². The van der Waals surface area contributed by atoms with E-state index in [1.54, 1.807) is 6.92 Å². The van der Waals surface area contributed by atoms with Gasteiger partial charge in [-0.25, -0.2) is 8.78 Å².